The predicted molar refractivity (Wildman–Crippen MR) is 69.3 cm³/mol. The lowest BCUT2D eigenvalue weighted by atomic mass is 9.99. The summed E-state index contributed by atoms with van der Waals surface area (Å²) in [6.07, 6.45) is -0.554. The van der Waals surface area contributed by atoms with E-state index in [4.69, 9.17) is 11.6 Å². The highest BCUT2D eigenvalue weighted by molar-refractivity contribution is 7.10. The number of aryl methyl sites for hydroxylation is 2. The summed E-state index contributed by atoms with van der Waals surface area (Å²) in [6, 6.07) is 7.59. The van der Waals surface area contributed by atoms with Gasteiger partial charge in [-0.3, -0.25) is 0 Å². The van der Waals surface area contributed by atoms with Crippen molar-refractivity contribution in [3.63, 3.8) is 0 Å². The third-order valence-corrected chi connectivity index (χ3v) is 3.71. The van der Waals surface area contributed by atoms with Crippen LogP contribution < -0.4 is 0 Å². The van der Waals surface area contributed by atoms with Crippen molar-refractivity contribution in [2.45, 2.75) is 20.0 Å². The molecule has 1 aromatic carbocycles. The summed E-state index contributed by atoms with van der Waals surface area (Å²) >= 11 is 7.54. The number of aliphatic hydroxyl groups is 1. The van der Waals surface area contributed by atoms with Gasteiger partial charge in [0.05, 0.1) is 0 Å². The third-order valence-electron chi connectivity index (χ3n) is 2.59. The Morgan fingerprint density at radius 1 is 1.25 bits per heavy atom. The third kappa shape index (κ3) is 2.29. The molecule has 2 aromatic rings. The van der Waals surface area contributed by atoms with E-state index in [1.807, 2.05) is 43.5 Å². The maximum absolute atomic E-state index is 10.2. The Hall–Kier alpha value is -0.830. The van der Waals surface area contributed by atoms with Gasteiger partial charge in [-0.15, -0.1) is 11.3 Å². The molecule has 84 valence electrons. The van der Waals surface area contributed by atoms with Gasteiger partial charge in [0.25, 0.3) is 0 Å². The maximum Gasteiger partial charge on any atom is 0.105 e. The highest BCUT2D eigenvalue weighted by Crippen LogP contribution is 2.29. The van der Waals surface area contributed by atoms with E-state index in [0.29, 0.717) is 5.02 Å². The fraction of sp³-hybridized carbons (Fsp3) is 0.231. The van der Waals surface area contributed by atoms with Crippen LogP contribution in [0.5, 0.6) is 0 Å². The van der Waals surface area contributed by atoms with Gasteiger partial charge in [0.1, 0.15) is 6.10 Å². The molecule has 1 N–H and O–H groups in total. The van der Waals surface area contributed by atoms with Crippen molar-refractivity contribution in [2.24, 2.45) is 0 Å². The van der Waals surface area contributed by atoms with Gasteiger partial charge in [-0.2, -0.15) is 0 Å². The SMILES string of the molecule is Cc1cc(C(O)c2ccc(Cl)cc2C)cs1. The van der Waals surface area contributed by atoms with E-state index in [-0.39, 0.29) is 0 Å². The highest BCUT2D eigenvalue weighted by atomic mass is 35.5. The van der Waals surface area contributed by atoms with Crippen LogP contribution in [0, 0.1) is 13.8 Å². The second-order valence-electron chi connectivity index (χ2n) is 3.89. The van der Waals surface area contributed by atoms with Gasteiger partial charge in [-0.25, -0.2) is 0 Å². The Bertz CT molecular complexity index is 504. The number of rotatable bonds is 2. The Balaban J connectivity index is 2.37. The molecule has 0 bridgehead atoms. The van der Waals surface area contributed by atoms with Crippen molar-refractivity contribution < 1.29 is 5.11 Å². The van der Waals surface area contributed by atoms with Crippen LogP contribution in [-0.4, -0.2) is 5.11 Å². The minimum absolute atomic E-state index is 0.554. The minimum Gasteiger partial charge on any atom is -0.384 e. The van der Waals surface area contributed by atoms with Crippen LogP contribution in [0.1, 0.15) is 27.7 Å². The number of thiophene rings is 1. The number of hydrogen-bond donors (Lipinski definition) is 1. The first-order chi connectivity index (χ1) is 7.58. The normalized spacial score (nSPS) is 12.8. The van der Waals surface area contributed by atoms with Crippen LogP contribution in [-0.2, 0) is 0 Å². The molecule has 1 aromatic heterocycles. The van der Waals surface area contributed by atoms with Gasteiger partial charge in [-0.05, 0) is 54.1 Å². The molecule has 1 heterocycles. The van der Waals surface area contributed by atoms with Crippen LogP contribution in [0.25, 0.3) is 0 Å². The minimum atomic E-state index is -0.554. The van der Waals surface area contributed by atoms with Crippen molar-refractivity contribution in [2.75, 3.05) is 0 Å². The van der Waals surface area contributed by atoms with Gasteiger partial charge in [0.2, 0.25) is 0 Å². The van der Waals surface area contributed by atoms with E-state index in [1.54, 1.807) is 11.3 Å². The molecule has 0 amide bonds. The van der Waals surface area contributed by atoms with E-state index in [2.05, 4.69) is 0 Å². The van der Waals surface area contributed by atoms with E-state index in [0.717, 1.165) is 16.7 Å². The lowest BCUT2D eigenvalue weighted by Gasteiger charge is -2.12. The van der Waals surface area contributed by atoms with Crippen LogP contribution in [0.15, 0.2) is 29.6 Å². The number of aliphatic hydroxyl groups excluding tert-OH is 1. The van der Waals surface area contributed by atoms with Crippen LogP contribution in [0.3, 0.4) is 0 Å². The average molecular weight is 253 g/mol. The fourth-order valence-electron chi connectivity index (χ4n) is 1.73. The van der Waals surface area contributed by atoms with E-state index < -0.39 is 6.10 Å². The van der Waals surface area contributed by atoms with Gasteiger partial charge >= 0.3 is 0 Å². The molecule has 0 saturated heterocycles. The number of halogens is 1. The fourth-order valence-corrected chi connectivity index (χ4v) is 2.68. The van der Waals surface area contributed by atoms with E-state index >= 15 is 0 Å². The molecule has 0 fully saturated rings. The molecule has 0 spiro atoms. The van der Waals surface area contributed by atoms with Gasteiger partial charge in [-0.1, -0.05) is 17.7 Å². The summed E-state index contributed by atoms with van der Waals surface area (Å²) < 4.78 is 0. The second kappa shape index (κ2) is 4.58. The standard InChI is InChI=1S/C13H13ClOS/c1-8-5-11(14)3-4-12(8)13(15)10-6-9(2)16-7-10/h3-7,13,15H,1-2H3. The largest absolute Gasteiger partial charge is 0.384 e. The molecule has 0 aliphatic rings. The molecular weight excluding hydrogens is 240 g/mol. The van der Waals surface area contributed by atoms with Gasteiger partial charge in [0, 0.05) is 9.90 Å². The summed E-state index contributed by atoms with van der Waals surface area (Å²) in [5.74, 6) is 0. The summed E-state index contributed by atoms with van der Waals surface area (Å²) in [7, 11) is 0. The Labute approximate surface area is 104 Å². The first-order valence-corrected chi connectivity index (χ1v) is 6.33. The van der Waals surface area contributed by atoms with Crippen molar-refractivity contribution in [1.82, 2.24) is 0 Å². The zero-order valence-electron chi connectivity index (χ0n) is 9.20. The molecule has 2 rings (SSSR count). The van der Waals surface area contributed by atoms with E-state index in [9.17, 15) is 5.11 Å². The maximum atomic E-state index is 10.2. The molecule has 0 aliphatic heterocycles. The van der Waals surface area contributed by atoms with Crippen molar-refractivity contribution in [1.29, 1.82) is 0 Å². The first kappa shape index (κ1) is 11.6. The van der Waals surface area contributed by atoms with Crippen LogP contribution in [0.2, 0.25) is 5.02 Å². The smallest absolute Gasteiger partial charge is 0.105 e. The molecule has 0 saturated carbocycles. The second-order valence-corrected chi connectivity index (χ2v) is 5.45. The highest BCUT2D eigenvalue weighted by Gasteiger charge is 2.13. The Morgan fingerprint density at radius 3 is 2.56 bits per heavy atom. The topological polar surface area (TPSA) is 20.2 Å². The quantitative estimate of drug-likeness (QED) is 0.853. The lowest BCUT2D eigenvalue weighted by Crippen LogP contribution is -2.00. The Kier molecular flexibility index (Phi) is 3.33. The van der Waals surface area contributed by atoms with Gasteiger partial charge < -0.3 is 5.11 Å². The molecule has 0 radical (unpaired) electrons. The van der Waals surface area contributed by atoms with Crippen molar-refractivity contribution in [3.8, 4) is 0 Å². The summed E-state index contributed by atoms with van der Waals surface area (Å²) in [5, 5.41) is 12.9. The summed E-state index contributed by atoms with van der Waals surface area (Å²) in [5.41, 5.74) is 2.89. The predicted octanol–water partition coefficient (Wildman–Crippen LogP) is 4.10. The number of benzene rings is 1. The molecule has 1 nitrogen and oxygen atoms in total. The summed E-state index contributed by atoms with van der Waals surface area (Å²) in [6.45, 7) is 4.00. The number of hydrogen-bond acceptors (Lipinski definition) is 2. The molecule has 1 atom stereocenters. The van der Waals surface area contributed by atoms with Gasteiger partial charge in [0.15, 0.2) is 0 Å². The van der Waals surface area contributed by atoms with Crippen molar-refractivity contribution >= 4 is 22.9 Å². The first-order valence-electron chi connectivity index (χ1n) is 5.07. The zero-order valence-corrected chi connectivity index (χ0v) is 10.8. The monoisotopic (exact) mass is 252 g/mol. The molecule has 0 aliphatic carbocycles. The zero-order chi connectivity index (χ0) is 11.7. The molecule has 3 heteroatoms. The van der Waals surface area contributed by atoms with Crippen LogP contribution in [0.4, 0.5) is 0 Å². The lowest BCUT2D eigenvalue weighted by molar-refractivity contribution is 0.220. The summed E-state index contributed by atoms with van der Waals surface area (Å²) in [4.78, 5) is 1.21. The molecule has 1 unspecified atom stereocenters. The van der Waals surface area contributed by atoms with Crippen molar-refractivity contribution in [3.05, 3.63) is 56.2 Å². The molecule has 16 heavy (non-hydrogen) atoms. The Morgan fingerprint density at radius 2 is 2.00 bits per heavy atom. The van der Waals surface area contributed by atoms with Crippen LogP contribution >= 0.6 is 22.9 Å². The van der Waals surface area contributed by atoms with E-state index in [1.165, 1.54) is 4.88 Å². The average Bonchev–Trinajstić information content (AvgIpc) is 2.64. The molecular formula is C13H13ClOS.